The molecule has 1 aliphatic rings. The lowest BCUT2D eigenvalue weighted by Gasteiger charge is -2.12. The van der Waals surface area contributed by atoms with Crippen LogP contribution in [0.25, 0.3) is 0 Å². The van der Waals surface area contributed by atoms with E-state index in [-0.39, 0.29) is 26.7 Å². The molecular weight excluding hydrogens is 408 g/mol. The Bertz CT molecular complexity index is 898. The van der Waals surface area contributed by atoms with Gasteiger partial charge in [-0.25, -0.2) is 0 Å². The number of aliphatic hydroxyl groups is 2. The number of benzene rings is 2. The number of carbonyl (C=O) groups is 2. The van der Waals surface area contributed by atoms with Gasteiger partial charge < -0.3 is 25.6 Å². The quantitative estimate of drug-likeness (QED) is 0.510. The van der Waals surface area contributed by atoms with E-state index in [0.29, 0.717) is 30.8 Å². The molecule has 2 atom stereocenters. The second-order valence-corrected chi connectivity index (χ2v) is 8.64. The minimum Gasteiger partial charge on any atom is -0.376 e. The molecule has 0 radical (unpaired) electrons. The highest BCUT2D eigenvalue weighted by molar-refractivity contribution is 5.94. The molecule has 3 rings (SSSR count). The largest absolute Gasteiger partial charge is 0.376 e. The van der Waals surface area contributed by atoms with Crippen LogP contribution >= 0.6 is 0 Å². The van der Waals surface area contributed by atoms with E-state index in [1.807, 2.05) is 50.2 Å². The van der Waals surface area contributed by atoms with Crippen LogP contribution in [-0.4, -0.2) is 53.6 Å². The second kappa shape index (κ2) is 11.8. The molecule has 2 aromatic rings. The third kappa shape index (κ3) is 9.18. The van der Waals surface area contributed by atoms with Crippen molar-refractivity contribution < 1.29 is 27.4 Å². The molecule has 1 fully saturated rings. The molecule has 0 saturated carbocycles. The SMILES string of the molecule is CC(C)(O)O.Cc1ccc(C(=O)NC[C@@H]2C[C@H](CNC(=O)c3ccccc3)CO2)cc1C.[HH].[HH]. The Morgan fingerprint density at radius 1 is 0.969 bits per heavy atom. The number of aryl methyl sites for hydroxylation is 2. The summed E-state index contributed by atoms with van der Waals surface area (Å²) < 4.78 is 5.77. The van der Waals surface area contributed by atoms with Crippen molar-refractivity contribution in [3.63, 3.8) is 0 Å². The molecular formula is C25H38N2O5. The van der Waals surface area contributed by atoms with Crippen LogP contribution in [0.4, 0.5) is 0 Å². The highest BCUT2D eigenvalue weighted by Gasteiger charge is 2.26. The van der Waals surface area contributed by atoms with Crippen LogP contribution in [0.1, 0.15) is 55.0 Å². The van der Waals surface area contributed by atoms with E-state index in [1.54, 1.807) is 12.1 Å². The van der Waals surface area contributed by atoms with Crippen LogP contribution in [-0.2, 0) is 4.74 Å². The molecule has 4 N–H and O–H groups in total. The Kier molecular flexibility index (Phi) is 9.38. The Morgan fingerprint density at radius 3 is 2.19 bits per heavy atom. The van der Waals surface area contributed by atoms with Crippen LogP contribution in [0.3, 0.4) is 0 Å². The molecule has 2 amide bonds. The van der Waals surface area contributed by atoms with E-state index in [9.17, 15) is 9.59 Å². The van der Waals surface area contributed by atoms with Crippen molar-refractivity contribution in [1.82, 2.24) is 10.6 Å². The summed E-state index contributed by atoms with van der Waals surface area (Å²) in [4.78, 5) is 24.4. The Morgan fingerprint density at radius 2 is 1.56 bits per heavy atom. The Hall–Kier alpha value is -2.74. The van der Waals surface area contributed by atoms with E-state index >= 15 is 0 Å². The van der Waals surface area contributed by atoms with Crippen molar-refractivity contribution in [3.8, 4) is 0 Å². The molecule has 178 valence electrons. The van der Waals surface area contributed by atoms with Crippen LogP contribution in [0.2, 0.25) is 0 Å². The van der Waals surface area contributed by atoms with Gasteiger partial charge in [0.25, 0.3) is 11.8 Å². The molecule has 0 aromatic heterocycles. The maximum atomic E-state index is 12.3. The van der Waals surface area contributed by atoms with E-state index < -0.39 is 5.79 Å². The average Bonchev–Trinajstić information content (AvgIpc) is 3.19. The molecule has 0 unspecified atom stereocenters. The zero-order chi connectivity index (χ0) is 23.7. The predicted octanol–water partition coefficient (Wildman–Crippen LogP) is 3.07. The monoisotopic (exact) mass is 446 g/mol. The topological polar surface area (TPSA) is 108 Å². The maximum absolute atomic E-state index is 12.3. The molecule has 0 spiro atoms. The van der Waals surface area contributed by atoms with Gasteiger partial charge in [0.2, 0.25) is 0 Å². The second-order valence-electron chi connectivity index (χ2n) is 8.64. The fourth-order valence-electron chi connectivity index (χ4n) is 3.18. The highest BCUT2D eigenvalue weighted by atomic mass is 16.5. The highest BCUT2D eigenvalue weighted by Crippen LogP contribution is 2.19. The first-order valence-corrected chi connectivity index (χ1v) is 10.8. The third-order valence-corrected chi connectivity index (χ3v) is 5.01. The first-order chi connectivity index (χ1) is 15.0. The number of carbonyl (C=O) groups excluding carboxylic acids is 2. The van der Waals surface area contributed by atoms with Crippen molar-refractivity contribution in [2.75, 3.05) is 19.7 Å². The summed E-state index contributed by atoms with van der Waals surface area (Å²) in [5, 5.41) is 22.1. The molecule has 0 bridgehead atoms. The maximum Gasteiger partial charge on any atom is 0.251 e. The molecule has 1 heterocycles. The summed E-state index contributed by atoms with van der Waals surface area (Å²) in [6, 6.07) is 14.9. The van der Waals surface area contributed by atoms with Gasteiger partial charge in [0.1, 0.15) is 0 Å². The fourth-order valence-corrected chi connectivity index (χ4v) is 3.18. The number of rotatable bonds is 6. The average molecular weight is 447 g/mol. The van der Waals surface area contributed by atoms with Crippen molar-refractivity contribution in [2.24, 2.45) is 5.92 Å². The number of amides is 2. The van der Waals surface area contributed by atoms with Crippen molar-refractivity contribution in [1.29, 1.82) is 0 Å². The molecule has 32 heavy (non-hydrogen) atoms. The van der Waals surface area contributed by atoms with Crippen molar-refractivity contribution in [2.45, 2.75) is 46.0 Å². The fraction of sp³-hybridized carbons (Fsp3) is 0.440. The van der Waals surface area contributed by atoms with Gasteiger partial charge in [-0.3, -0.25) is 9.59 Å². The lowest BCUT2D eigenvalue weighted by Crippen LogP contribution is -2.32. The molecule has 1 saturated heterocycles. The molecule has 1 aliphatic heterocycles. The normalized spacial score (nSPS) is 17.8. The number of hydrogen-bond acceptors (Lipinski definition) is 5. The zero-order valence-corrected chi connectivity index (χ0v) is 19.2. The van der Waals surface area contributed by atoms with Crippen molar-refractivity contribution >= 4 is 11.8 Å². The van der Waals surface area contributed by atoms with Crippen LogP contribution in [0.5, 0.6) is 0 Å². The summed E-state index contributed by atoms with van der Waals surface area (Å²) in [6.45, 7) is 8.28. The summed E-state index contributed by atoms with van der Waals surface area (Å²) in [5.74, 6) is -1.38. The van der Waals surface area contributed by atoms with Crippen molar-refractivity contribution in [3.05, 3.63) is 70.8 Å². The van der Waals surface area contributed by atoms with Crippen LogP contribution in [0, 0.1) is 19.8 Å². The first kappa shape index (κ1) is 25.5. The first-order valence-electron chi connectivity index (χ1n) is 10.8. The summed E-state index contributed by atoms with van der Waals surface area (Å²) in [5.41, 5.74) is 3.61. The minimum atomic E-state index is -1.50. The lowest BCUT2D eigenvalue weighted by molar-refractivity contribution is -0.127. The van der Waals surface area contributed by atoms with Gasteiger partial charge in [-0.15, -0.1) is 0 Å². The summed E-state index contributed by atoms with van der Waals surface area (Å²) >= 11 is 0. The third-order valence-electron chi connectivity index (χ3n) is 5.01. The van der Waals surface area contributed by atoms with E-state index in [4.69, 9.17) is 14.9 Å². The van der Waals surface area contributed by atoms with Gasteiger partial charge >= 0.3 is 0 Å². The van der Waals surface area contributed by atoms with Crippen LogP contribution in [0.15, 0.2) is 48.5 Å². The van der Waals surface area contributed by atoms with E-state index in [2.05, 4.69) is 10.6 Å². The smallest absolute Gasteiger partial charge is 0.251 e. The minimum absolute atomic E-state index is 0. The van der Waals surface area contributed by atoms with Gasteiger partial charge in [-0.2, -0.15) is 0 Å². The summed E-state index contributed by atoms with van der Waals surface area (Å²) in [7, 11) is 0. The Balaban J connectivity index is 0.00000141. The van der Waals surface area contributed by atoms with Gasteiger partial charge in [0.05, 0.1) is 12.7 Å². The zero-order valence-electron chi connectivity index (χ0n) is 19.2. The summed E-state index contributed by atoms with van der Waals surface area (Å²) in [6.07, 6.45) is 0.807. The molecule has 0 aliphatic carbocycles. The number of ether oxygens (including phenoxy) is 1. The molecule has 7 nitrogen and oxygen atoms in total. The van der Waals surface area contributed by atoms with Gasteiger partial charge in [0, 0.05) is 33.0 Å². The number of hydrogen-bond donors (Lipinski definition) is 4. The predicted molar refractivity (Wildman–Crippen MR) is 128 cm³/mol. The van der Waals surface area contributed by atoms with Crippen LogP contribution < -0.4 is 10.6 Å². The Labute approximate surface area is 192 Å². The number of nitrogens with one attached hydrogen (secondary N) is 2. The standard InChI is InChI=1S/C22H26N2O3.C3H8O2.2H2/c1-15-8-9-19(10-16(15)2)22(26)24-13-20-11-17(14-27-20)12-23-21(25)18-6-4-3-5-7-18;1-3(2,4)5;;/h3-10,17,20H,11-14H2,1-2H3,(H,23,25)(H,24,26);4-5H,1-2H3;2*1H/t17-,20+;;;/m1.../s1. The lowest BCUT2D eigenvalue weighted by atomic mass is 10.0. The van der Waals surface area contributed by atoms with Gasteiger partial charge in [-0.1, -0.05) is 24.3 Å². The molecule has 2 aromatic carbocycles. The van der Waals surface area contributed by atoms with Gasteiger partial charge in [-0.05, 0) is 69.5 Å². The van der Waals surface area contributed by atoms with Gasteiger partial charge in [0.15, 0.2) is 5.79 Å². The molecule has 7 heteroatoms. The van der Waals surface area contributed by atoms with E-state index in [1.165, 1.54) is 19.4 Å². The van der Waals surface area contributed by atoms with E-state index in [0.717, 1.165) is 12.0 Å².